The van der Waals surface area contributed by atoms with Gasteiger partial charge in [-0.1, -0.05) is 6.07 Å². The van der Waals surface area contributed by atoms with E-state index in [-0.39, 0.29) is 35.9 Å². The number of anilines is 2. The number of hydrogen-bond acceptors (Lipinski definition) is 6. The lowest BCUT2D eigenvalue weighted by molar-refractivity contribution is -0.127. The Morgan fingerprint density at radius 1 is 1.31 bits per heavy atom. The van der Waals surface area contributed by atoms with Crippen LogP contribution in [-0.2, 0) is 4.79 Å². The number of halogens is 3. The maximum absolute atomic E-state index is 13.9. The molecule has 136 valence electrons. The second kappa shape index (κ2) is 5.84. The molecule has 0 spiro atoms. The molecule has 3 heterocycles. The molecule has 0 aliphatic carbocycles. The summed E-state index contributed by atoms with van der Waals surface area (Å²) in [6.45, 7) is 0.341. The van der Waals surface area contributed by atoms with Crippen LogP contribution < -0.4 is 15.5 Å². The molecule has 1 saturated heterocycles. The molecule has 1 amide bonds. The number of nitrogens with one attached hydrogen (secondary N) is 2. The van der Waals surface area contributed by atoms with Gasteiger partial charge >= 0.3 is 0 Å². The van der Waals surface area contributed by atoms with Crippen molar-refractivity contribution in [2.24, 2.45) is 0 Å². The Kier molecular flexibility index (Phi) is 3.72. The molecule has 3 N–H and O–H groups in total. The molecule has 1 aromatic heterocycles. The lowest BCUT2D eigenvalue weighted by Crippen LogP contribution is -2.72. The van der Waals surface area contributed by atoms with Crippen molar-refractivity contribution in [3.05, 3.63) is 30.1 Å². The molecule has 2 aliphatic heterocycles. The van der Waals surface area contributed by atoms with Crippen LogP contribution in [-0.4, -0.2) is 52.8 Å². The molecule has 26 heavy (non-hydrogen) atoms. The van der Waals surface area contributed by atoms with Gasteiger partial charge in [-0.05, 0) is 18.2 Å². The number of benzene rings is 1. The molecule has 0 unspecified atom stereocenters. The normalized spacial score (nSPS) is 22.0. The molecule has 7 nitrogen and oxygen atoms in total. The van der Waals surface area contributed by atoms with Crippen molar-refractivity contribution in [1.82, 2.24) is 15.5 Å². The number of rotatable bonds is 2. The summed E-state index contributed by atoms with van der Waals surface area (Å²) in [7, 11) is 0. The topological polar surface area (TPSA) is 90.4 Å². The van der Waals surface area contributed by atoms with E-state index in [4.69, 9.17) is 0 Å². The van der Waals surface area contributed by atoms with Crippen LogP contribution in [0.1, 0.15) is 0 Å². The number of aromatic nitrogens is 2. The van der Waals surface area contributed by atoms with Crippen LogP contribution in [0.15, 0.2) is 24.3 Å². The van der Waals surface area contributed by atoms with E-state index in [0.29, 0.717) is 6.54 Å². The summed E-state index contributed by atoms with van der Waals surface area (Å²) in [6, 6.07) is 5.33. The number of para-hydroxylation sites is 1. The van der Waals surface area contributed by atoms with Gasteiger partial charge in [0, 0.05) is 25.2 Å². The predicted molar refractivity (Wildman–Crippen MR) is 86.7 cm³/mol. The van der Waals surface area contributed by atoms with Crippen molar-refractivity contribution in [2.45, 2.75) is 12.0 Å². The number of alkyl halides is 2. The van der Waals surface area contributed by atoms with E-state index < -0.39 is 29.4 Å². The number of hydrogen-bond donors (Lipinski definition) is 3. The van der Waals surface area contributed by atoms with E-state index in [9.17, 15) is 23.1 Å². The monoisotopic (exact) mass is 365 g/mol. The summed E-state index contributed by atoms with van der Waals surface area (Å²) < 4.78 is 41.3. The van der Waals surface area contributed by atoms with Crippen LogP contribution >= 0.6 is 0 Å². The van der Waals surface area contributed by atoms with Gasteiger partial charge in [0.05, 0.1) is 11.4 Å². The van der Waals surface area contributed by atoms with Gasteiger partial charge in [-0.3, -0.25) is 4.79 Å². The summed E-state index contributed by atoms with van der Waals surface area (Å²) >= 11 is 0. The third kappa shape index (κ3) is 2.22. The van der Waals surface area contributed by atoms with Gasteiger partial charge in [-0.15, -0.1) is 10.2 Å². The highest BCUT2D eigenvalue weighted by molar-refractivity contribution is 6.06. The van der Waals surface area contributed by atoms with E-state index in [1.807, 2.05) is 0 Å². The minimum Gasteiger partial charge on any atom is -0.504 e. The Hall–Kier alpha value is -2.88. The summed E-state index contributed by atoms with van der Waals surface area (Å²) in [5, 5.41) is 22.9. The Balaban J connectivity index is 1.87. The van der Waals surface area contributed by atoms with Crippen LogP contribution in [0, 0.1) is 5.82 Å². The van der Waals surface area contributed by atoms with E-state index in [0.717, 1.165) is 6.07 Å². The highest BCUT2D eigenvalue weighted by Crippen LogP contribution is 2.41. The van der Waals surface area contributed by atoms with Gasteiger partial charge in [0.1, 0.15) is 0 Å². The molecule has 4 rings (SSSR count). The van der Waals surface area contributed by atoms with Gasteiger partial charge < -0.3 is 20.6 Å². The van der Waals surface area contributed by atoms with Gasteiger partial charge in [0.15, 0.2) is 22.9 Å². The number of fused-ring (bicyclic) bond motifs is 3. The van der Waals surface area contributed by atoms with Crippen molar-refractivity contribution in [3.8, 4) is 17.0 Å². The fourth-order valence-electron chi connectivity index (χ4n) is 3.34. The SMILES string of the molecule is O=C1Nc2nnc(-c3cccc(F)c3O)cc2N2CCNC[C@@]12C(F)F. The minimum absolute atomic E-state index is 0.0489. The van der Waals surface area contributed by atoms with Crippen LogP contribution in [0.4, 0.5) is 24.7 Å². The van der Waals surface area contributed by atoms with Crippen LogP contribution in [0.5, 0.6) is 5.75 Å². The Morgan fingerprint density at radius 2 is 2.12 bits per heavy atom. The van der Waals surface area contributed by atoms with Crippen LogP contribution in [0.3, 0.4) is 0 Å². The molecule has 1 fully saturated rings. The summed E-state index contributed by atoms with van der Waals surface area (Å²) in [6.07, 6.45) is -2.94. The van der Waals surface area contributed by atoms with Crippen molar-refractivity contribution < 1.29 is 23.1 Å². The quantitative estimate of drug-likeness (QED) is 0.745. The van der Waals surface area contributed by atoms with Gasteiger partial charge in [0.2, 0.25) is 0 Å². The average Bonchev–Trinajstić information content (AvgIpc) is 2.64. The Labute approximate surface area is 145 Å². The molecule has 1 aromatic carbocycles. The number of carbonyl (C=O) groups excluding carboxylic acids is 1. The standard InChI is InChI=1S/C16H14F3N5O2/c17-9-3-1-2-8(12(9)25)10-6-11-13(23-22-10)21-15(26)16(14(18)19)7-20-4-5-24(11)16/h1-3,6,14,20,25H,4-5,7H2,(H,21,23,26)/t16-/m1/s1. The zero-order valence-electron chi connectivity index (χ0n) is 13.3. The van der Waals surface area contributed by atoms with Crippen LogP contribution in [0.2, 0.25) is 0 Å². The zero-order chi connectivity index (χ0) is 18.5. The fourth-order valence-corrected chi connectivity index (χ4v) is 3.34. The zero-order valence-corrected chi connectivity index (χ0v) is 13.3. The van der Waals surface area contributed by atoms with Crippen LogP contribution in [0.25, 0.3) is 11.3 Å². The highest BCUT2D eigenvalue weighted by atomic mass is 19.3. The van der Waals surface area contributed by atoms with Crippen molar-refractivity contribution in [2.75, 3.05) is 29.9 Å². The van der Waals surface area contributed by atoms with Gasteiger partial charge in [0.25, 0.3) is 12.3 Å². The van der Waals surface area contributed by atoms with E-state index in [2.05, 4.69) is 20.8 Å². The molecule has 2 aromatic rings. The number of carbonyl (C=O) groups is 1. The lowest BCUT2D eigenvalue weighted by atomic mass is 9.90. The Morgan fingerprint density at radius 3 is 2.88 bits per heavy atom. The van der Waals surface area contributed by atoms with Gasteiger partial charge in [-0.2, -0.15) is 0 Å². The molecule has 0 saturated carbocycles. The number of phenolic OH excluding ortho intramolecular Hbond substituents is 1. The maximum Gasteiger partial charge on any atom is 0.271 e. The fraction of sp³-hybridized carbons (Fsp3) is 0.312. The van der Waals surface area contributed by atoms with Crippen molar-refractivity contribution in [1.29, 1.82) is 0 Å². The molecular weight excluding hydrogens is 351 g/mol. The van der Waals surface area contributed by atoms with Crippen molar-refractivity contribution in [3.63, 3.8) is 0 Å². The first-order valence-corrected chi connectivity index (χ1v) is 7.88. The number of piperazine rings is 1. The highest BCUT2D eigenvalue weighted by Gasteiger charge is 2.56. The first kappa shape index (κ1) is 16.6. The first-order valence-electron chi connectivity index (χ1n) is 7.88. The molecule has 0 radical (unpaired) electrons. The second-order valence-corrected chi connectivity index (χ2v) is 6.11. The lowest BCUT2D eigenvalue weighted by Gasteiger charge is -2.49. The molecule has 2 aliphatic rings. The third-order valence-electron chi connectivity index (χ3n) is 4.70. The smallest absolute Gasteiger partial charge is 0.271 e. The molecule has 1 atom stereocenters. The van der Waals surface area contributed by atoms with E-state index >= 15 is 0 Å². The second-order valence-electron chi connectivity index (χ2n) is 6.11. The number of phenols is 1. The number of amides is 1. The molecular formula is C16H14F3N5O2. The number of aromatic hydroxyl groups is 1. The first-order chi connectivity index (χ1) is 12.4. The van der Waals surface area contributed by atoms with Gasteiger partial charge in [-0.25, -0.2) is 13.2 Å². The largest absolute Gasteiger partial charge is 0.504 e. The average molecular weight is 365 g/mol. The number of nitrogens with zero attached hydrogens (tertiary/aromatic N) is 3. The maximum atomic E-state index is 13.9. The summed E-state index contributed by atoms with van der Waals surface area (Å²) in [5.41, 5.74) is -1.62. The third-order valence-corrected chi connectivity index (χ3v) is 4.70. The molecule has 10 heteroatoms. The minimum atomic E-state index is -2.94. The summed E-state index contributed by atoms with van der Waals surface area (Å²) in [4.78, 5) is 13.7. The Bertz CT molecular complexity index is 894. The summed E-state index contributed by atoms with van der Waals surface area (Å²) in [5.74, 6) is -2.25. The van der Waals surface area contributed by atoms with Crippen molar-refractivity contribution >= 4 is 17.4 Å². The van der Waals surface area contributed by atoms with E-state index in [1.54, 1.807) is 0 Å². The van der Waals surface area contributed by atoms with E-state index in [1.165, 1.54) is 23.1 Å². The predicted octanol–water partition coefficient (Wildman–Crippen LogP) is 1.35. The molecule has 0 bridgehead atoms.